The summed E-state index contributed by atoms with van der Waals surface area (Å²) in [4.78, 5) is 4.99. The molecule has 1 aliphatic heterocycles. The standard InChI is InChI=1S/C29H22N2/c1-5-13-24-20(9-1)21-10-2-6-14-25(21)28(24)30-17-18-31(19-30)29-26-15-7-3-11-22(26)23-12-4-8-16-27(23)29/h1-18,28-29H,19H2. The van der Waals surface area contributed by atoms with Gasteiger partial charge in [-0.1, -0.05) is 97.1 Å². The Balaban J connectivity index is 1.28. The molecule has 2 nitrogen and oxygen atoms in total. The number of hydrogen-bond acceptors (Lipinski definition) is 2. The van der Waals surface area contributed by atoms with E-state index in [4.69, 9.17) is 0 Å². The van der Waals surface area contributed by atoms with Crippen molar-refractivity contribution in [3.05, 3.63) is 132 Å². The maximum absolute atomic E-state index is 2.49. The van der Waals surface area contributed by atoms with Crippen molar-refractivity contribution in [3.8, 4) is 22.3 Å². The minimum Gasteiger partial charge on any atom is -0.347 e. The van der Waals surface area contributed by atoms with Crippen LogP contribution in [-0.4, -0.2) is 16.5 Å². The molecule has 0 fully saturated rings. The van der Waals surface area contributed by atoms with Crippen LogP contribution in [0.5, 0.6) is 0 Å². The quantitative estimate of drug-likeness (QED) is 0.377. The molecule has 0 spiro atoms. The monoisotopic (exact) mass is 398 g/mol. The molecule has 7 rings (SSSR count). The van der Waals surface area contributed by atoms with E-state index in [1.54, 1.807) is 0 Å². The zero-order valence-corrected chi connectivity index (χ0v) is 17.1. The van der Waals surface area contributed by atoms with Crippen LogP contribution in [0, 0.1) is 0 Å². The van der Waals surface area contributed by atoms with Gasteiger partial charge < -0.3 is 9.80 Å². The minimum atomic E-state index is 0.264. The molecule has 1 heterocycles. The van der Waals surface area contributed by atoms with Crippen molar-refractivity contribution in [1.82, 2.24) is 9.80 Å². The summed E-state index contributed by atoms with van der Waals surface area (Å²) >= 11 is 0. The molecule has 2 heteroatoms. The number of fused-ring (bicyclic) bond motifs is 6. The summed E-state index contributed by atoms with van der Waals surface area (Å²) in [6.07, 6.45) is 4.57. The highest BCUT2D eigenvalue weighted by Crippen LogP contribution is 2.50. The van der Waals surface area contributed by atoms with E-state index in [1.165, 1.54) is 44.5 Å². The summed E-state index contributed by atoms with van der Waals surface area (Å²) in [5.74, 6) is 0. The molecule has 0 radical (unpaired) electrons. The number of hydrogen-bond donors (Lipinski definition) is 0. The first-order valence-electron chi connectivity index (χ1n) is 11.0. The molecule has 3 aliphatic rings. The third-order valence-electron chi connectivity index (χ3n) is 7.04. The summed E-state index contributed by atoms with van der Waals surface area (Å²) in [6, 6.07) is 36.0. The van der Waals surface area contributed by atoms with E-state index in [2.05, 4.69) is 119 Å². The smallest absolute Gasteiger partial charge is 0.0911 e. The van der Waals surface area contributed by atoms with Crippen LogP contribution in [0.2, 0.25) is 0 Å². The van der Waals surface area contributed by atoms with Gasteiger partial charge >= 0.3 is 0 Å². The van der Waals surface area contributed by atoms with Gasteiger partial charge in [-0.15, -0.1) is 0 Å². The Labute approximate surface area is 182 Å². The number of benzene rings is 4. The van der Waals surface area contributed by atoms with Crippen molar-refractivity contribution in [1.29, 1.82) is 0 Å². The molecule has 0 atom stereocenters. The largest absolute Gasteiger partial charge is 0.347 e. The summed E-state index contributed by atoms with van der Waals surface area (Å²) < 4.78 is 0. The fourth-order valence-corrected chi connectivity index (χ4v) is 5.76. The molecular formula is C29H22N2. The Bertz CT molecular complexity index is 1160. The van der Waals surface area contributed by atoms with Gasteiger partial charge in [-0.2, -0.15) is 0 Å². The van der Waals surface area contributed by atoms with E-state index >= 15 is 0 Å². The second-order valence-corrected chi connectivity index (χ2v) is 8.62. The normalized spacial score (nSPS) is 16.4. The van der Waals surface area contributed by atoms with E-state index in [-0.39, 0.29) is 12.1 Å². The molecule has 0 saturated heterocycles. The molecule has 0 unspecified atom stereocenters. The van der Waals surface area contributed by atoms with Crippen LogP contribution in [0.4, 0.5) is 0 Å². The first-order chi connectivity index (χ1) is 15.4. The molecule has 4 aromatic rings. The molecule has 2 aliphatic carbocycles. The molecule has 148 valence electrons. The molecule has 31 heavy (non-hydrogen) atoms. The Morgan fingerprint density at radius 2 is 0.710 bits per heavy atom. The fraction of sp³-hybridized carbons (Fsp3) is 0.103. The highest BCUT2D eigenvalue weighted by atomic mass is 15.4. The number of rotatable bonds is 2. The first-order valence-corrected chi connectivity index (χ1v) is 11.0. The average molecular weight is 399 g/mol. The van der Waals surface area contributed by atoms with Gasteiger partial charge in [0.1, 0.15) is 0 Å². The van der Waals surface area contributed by atoms with Gasteiger partial charge in [0.15, 0.2) is 0 Å². The predicted octanol–water partition coefficient (Wildman–Crippen LogP) is 6.57. The van der Waals surface area contributed by atoms with Crippen LogP contribution in [0.15, 0.2) is 109 Å². The van der Waals surface area contributed by atoms with Gasteiger partial charge in [0.2, 0.25) is 0 Å². The molecule has 0 aromatic heterocycles. The third kappa shape index (κ3) is 2.33. The van der Waals surface area contributed by atoms with Crippen LogP contribution >= 0.6 is 0 Å². The number of nitrogens with zero attached hydrogens (tertiary/aromatic N) is 2. The van der Waals surface area contributed by atoms with Gasteiger partial charge in [-0.05, 0) is 44.5 Å². The Kier molecular flexibility index (Phi) is 3.48. The lowest BCUT2D eigenvalue weighted by Gasteiger charge is -2.32. The van der Waals surface area contributed by atoms with Gasteiger partial charge in [-0.25, -0.2) is 0 Å². The molecule has 0 bridgehead atoms. The topological polar surface area (TPSA) is 6.48 Å². The Hall–Kier alpha value is -3.78. The van der Waals surface area contributed by atoms with Gasteiger partial charge in [0.05, 0.1) is 18.8 Å². The summed E-state index contributed by atoms with van der Waals surface area (Å²) in [7, 11) is 0. The van der Waals surface area contributed by atoms with Crippen molar-refractivity contribution < 1.29 is 0 Å². The summed E-state index contributed by atoms with van der Waals surface area (Å²) in [5, 5.41) is 0. The molecule has 0 saturated carbocycles. The lowest BCUT2D eigenvalue weighted by Crippen LogP contribution is -2.31. The van der Waals surface area contributed by atoms with Crippen LogP contribution in [0.25, 0.3) is 22.3 Å². The maximum Gasteiger partial charge on any atom is 0.0911 e. The second kappa shape index (κ2) is 6.36. The first kappa shape index (κ1) is 17.0. The summed E-state index contributed by atoms with van der Waals surface area (Å²) in [6.45, 7) is 0.876. The molecule has 4 aromatic carbocycles. The molecule has 0 N–H and O–H groups in total. The van der Waals surface area contributed by atoms with Crippen LogP contribution in [0.3, 0.4) is 0 Å². The van der Waals surface area contributed by atoms with Gasteiger partial charge in [0.25, 0.3) is 0 Å². The summed E-state index contributed by atoms with van der Waals surface area (Å²) in [5.41, 5.74) is 11.1. The lowest BCUT2D eigenvalue weighted by molar-refractivity contribution is 0.211. The second-order valence-electron chi connectivity index (χ2n) is 8.62. The van der Waals surface area contributed by atoms with Crippen molar-refractivity contribution >= 4 is 0 Å². The van der Waals surface area contributed by atoms with Crippen LogP contribution < -0.4 is 0 Å². The van der Waals surface area contributed by atoms with E-state index in [0.29, 0.717) is 0 Å². The lowest BCUT2D eigenvalue weighted by atomic mass is 10.0. The van der Waals surface area contributed by atoms with Crippen molar-refractivity contribution in [3.63, 3.8) is 0 Å². The van der Waals surface area contributed by atoms with Gasteiger partial charge in [-0.3, -0.25) is 0 Å². The van der Waals surface area contributed by atoms with Gasteiger partial charge in [0, 0.05) is 12.4 Å². The highest BCUT2D eigenvalue weighted by molar-refractivity contribution is 5.79. The zero-order chi connectivity index (χ0) is 20.4. The zero-order valence-electron chi connectivity index (χ0n) is 17.1. The highest BCUT2D eigenvalue weighted by Gasteiger charge is 2.37. The van der Waals surface area contributed by atoms with Crippen molar-refractivity contribution in [2.45, 2.75) is 12.1 Å². The van der Waals surface area contributed by atoms with E-state index in [0.717, 1.165) is 6.67 Å². The fourth-order valence-electron chi connectivity index (χ4n) is 5.76. The van der Waals surface area contributed by atoms with E-state index in [9.17, 15) is 0 Å². The Morgan fingerprint density at radius 1 is 0.419 bits per heavy atom. The average Bonchev–Trinajstić information content (AvgIpc) is 3.51. The third-order valence-corrected chi connectivity index (χ3v) is 7.04. The van der Waals surface area contributed by atoms with E-state index in [1.807, 2.05) is 0 Å². The molecular weight excluding hydrogens is 376 g/mol. The van der Waals surface area contributed by atoms with Crippen LogP contribution in [-0.2, 0) is 0 Å². The maximum atomic E-state index is 2.49. The van der Waals surface area contributed by atoms with E-state index < -0.39 is 0 Å². The van der Waals surface area contributed by atoms with Crippen molar-refractivity contribution in [2.75, 3.05) is 6.67 Å². The van der Waals surface area contributed by atoms with Crippen LogP contribution in [0.1, 0.15) is 34.3 Å². The minimum absolute atomic E-state index is 0.264. The SMILES string of the molecule is C1=CN(C2c3ccccc3-c3ccccc32)CN1C1c2ccccc2-c2ccccc21. The predicted molar refractivity (Wildman–Crippen MR) is 125 cm³/mol. The molecule has 0 amide bonds. The van der Waals surface area contributed by atoms with Crippen molar-refractivity contribution in [2.24, 2.45) is 0 Å². The Morgan fingerprint density at radius 3 is 1.03 bits per heavy atom.